The van der Waals surface area contributed by atoms with Crippen LogP contribution in [0, 0.1) is 0 Å². The van der Waals surface area contributed by atoms with Crippen molar-refractivity contribution >= 4 is 24.6 Å². The van der Waals surface area contributed by atoms with Crippen LogP contribution >= 0.6 is 0 Å². The van der Waals surface area contributed by atoms with Crippen molar-refractivity contribution in [3.63, 3.8) is 0 Å². The molecule has 0 spiro atoms. The smallest absolute Gasteiger partial charge is 0.426 e. The van der Waals surface area contributed by atoms with Crippen LogP contribution in [0.5, 0.6) is 0 Å². The Balaban J connectivity index is 1.90. The average Bonchev–Trinajstić information content (AvgIpc) is 2.60. The van der Waals surface area contributed by atoms with Crippen molar-refractivity contribution in [2.75, 3.05) is 5.73 Å². The van der Waals surface area contributed by atoms with Gasteiger partial charge in [0.05, 0.1) is 18.5 Å². The summed E-state index contributed by atoms with van der Waals surface area (Å²) in [4.78, 5) is 27.1. The number of nitrogens with one attached hydrogen (secondary N) is 1. The van der Waals surface area contributed by atoms with Crippen LogP contribution in [0.15, 0.2) is 30.5 Å². The predicted molar refractivity (Wildman–Crippen MR) is 86.2 cm³/mol. The van der Waals surface area contributed by atoms with Crippen LogP contribution in [0.4, 0.5) is 5.82 Å². The maximum absolute atomic E-state index is 12.1. The molecule has 1 amide bonds. The molecule has 0 aromatic carbocycles. The molecule has 0 fully saturated rings. The molecule has 1 aliphatic heterocycles. The van der Waals surface area contributed by atoms with Gasteiger partial charge >= 0.3 is 7.12 Å². The summed E-state index contributed by atoms with van der Waals surface area (Å²) in [6.07, 6.45) is 5.38. The normalized spacial score (nSPS) is 20.9. The molecule has 1 aliphatic rings. The van der Waals surface area contributed by atoms with Crippen molar-refractivity contribution in [1.82, 2.24) is 10.3 Å². The topological polar surface area (TPSA) is 115 Å². The number of anilines is 1. The maximum atomic E-state index is 12.1. The lowest BCUT2D eigenvalue weighted by atomic mass is 9.77. The molecule has 2 atom stereocenters. The fraction of sp³-hybridized carbons (Fsp3) is 0.400. The van der Waals surface area contributed by atoms with Gasteiger partial charge in [-0.25, -0.2) is 4.98 Å². The molecule has 1 aromatic rings. The molecule has 4 N–H and O–H groups in total. The summed E-state index contributed by atoms with van der Waals surface area (Å²) in [6, 6.07) is 3.33. The van der Waals surface area contributed by atoms with Crippen molar-refractivity contribution in [2.24, 2.45) is 0 Å². The number of Topliss-reactive ketones (excluding diaryl/α,β-unsaturated/α-hetero) is 1. The van der Waals surface area contributed by atoms with Gasteiger partial charge < -0.3 is 20.7 Å². The Morgan fingerprint density at radius 2 is 2.35 bits per heavy atom. The molecule has 122 valence electrons. The van der Waals surface area contributed by atoms with Gasteiger partial charge in [-0.15, -0.1) is 0 Å². The molecular formula is C15H20BN3O4. The number of pyridine rings is 1. The minimum atomic E-state index is -1.17. The first kappa shape index (κ1) is 17.2. The van der Waals surface area contributed by atoms with Crippen LogP contribution in [0.1, 0.15) is 25.3 Å². The van der Waals surface area contributed by atoms with Crippen LogP contribution < -0.4 is 11.1 Å². The minimum Gasteiger partial charge on any atom is -0.426 e. The zero-order valence-corrected chi connectivity index (χ0v) is 12.9. The van der Waals surface area contributed by atoms with E-state index in [0.29, 0.717) is 12.2 Å². The fourth-order valence-electron chi connectivity index (χ4n) is 2.39. The highest BCUT2D eigenvalue weighted by Gasteiger charge is 2.32. The largest absolute Gasteiger partial charge is 0.478 e. The third kappa shape index (κ3) is 5.50. The summed E-state index contributed by atoms with van der Waals surface area (Å²) in [6.45, 7) is 1.47. The van der Waals surface area contributed by atoms with Gasteiger partial charge in [0.15, 0.2) is 0 Å². The zero-order valence-electron chi connectivity index (χ0n) is 12.9. The first-order valence-corrected chi connectivity index (χ1v) is 7.43. The van der Waals surface area contributed by atoms with Crippen molar-refractivity contribution in [3.8, 4) is 0 Å². The van der Waals surface area contributed by atoms with E-state index in [1.165, 1.54) is 13.1 Å². The number of nitrogens with two attached hydrogens (primary N) is 1. The first-order chi connectivity index (χ1) is 10.9. The Morgan fingerprint density at radius 3 is 3.04 bits per heavy atom. The number of carbonyl (C=O) groups is 2. The molecule has 0 saturated heterocycles. The second-order valence-electron chi connectivity index (χ2n) is 5.57. The molecule has 0 radical (unpaired) electrons. The molecule has 1 aromatic heterocycles. The molecule has 2 rings (SSSR count). The minimum absolute atomic E-state index is 0.0235. The van der Waals surface area contributed by atoms with Gasteiger partial charge in [0.2, 0.25) is 5.91 Å². The lowest BCUT2D eigenvalue weighted by Gasteiger charge is -2.20. The first-order valence-electron chi connectivity index (χ1n) is 7.43. The Labute approximate surface area is 135 Å². The number of hydrogen-bond donors (Lipinski definition) is 3. The number of aromatic nitrogens is 1. The molecule has 0 aliphatic carbocycles. The number of nitrogen functional groups attached to an aromatic ring is 1. The number of carbonyl (C=O) groups excluding carboxylic acids is 2. The highest BCUT2D eigenvalue weighted by molar-refractivity contribution is 6.45. The number of hydrogen-bond acceptors (Lipinski definition) is 6. The number of amides is 1. The lowest BCUT2D eigenvalue weighted by Crippen LogP contribution is -2.48. The predicted octanol–water partition coefficient (Wildman–Crippen LogP) is 0.0350. The van der Waals surface area contributed by atoms with Gasteiger partial charge in [0.1, 0.15) is 11.6 Å². The van der Waals surface area contributed by atoms with Gasteiger partial charge in [-0.1, -0.05) is 12.2 Å². The Bertz CT molecular complexity index is 608. The van der Waals surface area contributed by atoms with Crippen LogP contribution in [0.3, 0.4) is 0 Å². The molecule has 8 heteroatoms. The molecular weight excluding hydrogens is 297 g/mol. The van der Waals surface area contributed by atoms with E-state index in [2.05, 4.69) is 10.3 Å². The van der Waals surface area contributed by atoms with Crippen molar-refractivity contribution in [1.29, 1.82) is 0 Å². The average molecular weight is 317 g/mol. The van der Waals surface area contributed by atoms with E-state index in [-0.39, 0.29) is 24.5 Å². The summed E-state index contributed by atoms with van der Waals surface area (Å²) in [5.74, 6) is -0.482. The van der Waals surface area contributed by atoms with E-state index < -0.39 is 19.2 Å². The Morgan fingerprint density at radius 1 is 1.57 bits per heavy atom. The SMILES string of the molecule is CC(=O)C[C@H]1C=CC[C@H](NC(=O)Cc2ccnc(N)c2)B(O)O1. The monoisotopic (exact) mass is 317 g/mol. The van der Waals surface area contributed by atoms with Crippen LogP contribution in [-0.2, 0) is 20.7 Å². The van der Waals surface area contributed by atoms with Crippen LogP contribution in [0.25, 0.3) is 0 Å². The van der Waals surface area contributed by atoms with E-state index >= 15 is 0 Å². The molecule has 0 saturated carbocycles. The third-order valence-corrected chi connectivity index (χ3v) is 3.44. The second-order valence-corrected chi connectivity index (χ2v) is 5.57. The fourth-order valence-corrected chi connectivity index (χ4v) is 2.39. The highest BCUT2D eigenvalue weighted by atomic mass is 16.5. The van der Waals surface area contributed by atoms with E-state index in [4.69, 9.17) is 10.4 Å². The number of rotatable bonds is 5. The van der Waals surface area contributed by atoms with Crippen molar-refractivity contribution in [2.45, 2.75) is 38.2 Å². The second kappa shape index (κ2) is 7.89. The van der Waals surface area contributed by atoms with Crippen LogP contribution in [0.2, 0.25) is 0 Å². The van der Waals surface area contributed by atoms with E-state index in [1.54, 1.807) is 24.3 Å². The van der Waals surface area contributed by atoms with Crippen molar-refractivity contribution < 1.29 is 19.3 Å². The molecule has 0 unspecified atom stereocenters. The van der Waals surface area contributed by atoms with Gasteiger partial charge in [-0.05, 0) is 31.0 Å². The number of nitrogens with zero attached hydrogens (tertiary/aromatic N) is 1. The Hall–Kier alpha value is -2.19. The van der Waals surface area contributed by atoms with Gasteiger partial charge in [0.25, 0.3) is 0 Å². The molecule has 0 bridgehead atoms. The number of ketones is 1. The maximum Gasteiger partial charge on any atom is 0.478 e. The van der Waals surface area contributed by atoms with Gasteiger partial charge in [-0.3, -0.25) is 9.59 Å². The van der Waals surface area contributed by atoms with E-state index in [1.807, 2.05) is 0 Å². The molecule has 2 heterocycles. The van der Waals surface area contributed by atoms with E-state index in [9.17, 15) is 14.6 Å². The van der Waals surface area contributed by atoms with Gasteiger partial charge in [-0.2, -0.15) is 0 Å². The Kier molecular flexibility index (Phi) is 5.89. The third-order valence-electron chi connectivity index (χ3n) is 3.44. The summed E-state index contributed by atoms with van der Waals surface area (Å²) in [7, 11) is -1.17. The summed E-state index contributed by atoms with van der Waals surface area (Å²) < 4.78 is 5.41. The quantitative estimate of drug-likeness (QED) is 0.521. The zero-order chi connectivity index (χ0) is 16.8. The van der Waals surface area contributed by atoms with Gasteiger partial charge in [0, 0.05) is 12.6 Å². The summed E-state index contributed by atoms with van der Waals surface area (Å²) in [5.41, 5.74) is 6.32. The molecule has 23 heavy (non-hydrogen) atoms. The highest BCUT2D eigenvalue weighted by Crippen LogP contribution is 2.13. The standard InChI is InChI=1S/C15H20BN3O4/c1-10(20)7-12-3-2-4-13(16(22)23-12)19-15(21)9-11-5-6-18-14(17)8-11/h2-3,5-6,8,12-13,22H,4,7,9H2,1H3,(H2,17,18)(H,19,21)/t12-,13+/m1/s1. The van der Waals surface area contributed by atoms with Crippen molar-refractivity contribution in [3.05, 3.63) is 36.0 Å². The van der Waals surface area contributed by atoms with Crippen LogP contribution in [-0.4, -0.2) is 40.9 Å². The van der Waals surface area contributed by atoms with E-state index in [0.717, 1.165) is 5.56 Å². The summed E-state index contributed by atoms with van der Waals surface area (Å²) >= 11 is 0. The summed E-state index contributed by atoms with van der Waals surface area (Å²) in [5, 5.41) is 12.8. The lowest BCUT2D eigenvalue weighted by molar-refractivity contribution is -0.121. The molecule has 7 nitrogen and oxygen atoms in total.